The summed E-state index contributed by atoms with van der Waals surface area (Å²) in [5, 5.41) is 29.9. The fraction of sp³-hybridized carbons (Fsp3) is 0. The standard InChI is InChI=1S/C21H13N3O3/c22-12-14-1-3-15(4-2-14)20-10-9-19(27-20)11-16(13-23)21(26)24-17-5-7-18(25)8-6-17/h1-11,25H,(H,24,26)/b16-11-. The molecule has 2 aromatic carbocycles. The molecule has 1 heterocycles. The molecular formula is C21H13N3O3. The highest BCUT2D eigenvalue weighted by Crippen LogP contribution is 2.24. The van der Waals surface area contributed by atoms with E-state index in [-0.39, 0.29) is 11.3 Å². The number of nitriles is 2. The Bertz CT molecular complexity index is 1080. The SMILES string of the molecule is N#C/C(=C/c1ccc(-c2ccc(C#N)cc2)o1)C(=O)Nc1ccc(O)cc1. The van der Waals surface area contributed by atoms with Crippen LogP contribution < -0.4 is 5.32 Å². The van der Waals surface area contributed by atoms with Crippen molar-refractivity contribution in [2.75, 3.05) is 5.32 Å². The van der Waals surface area contributed by atoms with Gasteiger partial charge in [-0.3, -0.25) is 4.79 Å². The summed E-state index contributed by atoms with van der Waals surface area (Å²) in [5.74, 6) is 0.406. The number of phenols is 1. The van der Waals surface area contributed by atoms with Crippen molar-refractivity contribution in [3.63, 3.8) is 0 Å². The lowest BCUT2D eigenvalue weighted by atomic mass is 10.1. The van der Waals surface area contributed by atoms with Crippen LogP contribution in [0.15, 0.2) is 70.7 Å². The number of carbonyl (C=O) groups is 1. The Hall–Kier alpha value is -4.29. The first-order valence-corrected chi connectivity index (χ1v) is 7.91. The number of hydrogen-bond acceptors (Lipinski definition) is 5. The normalized spacial score (nSPS) is 10.7. The monoisotopic (exact) mass is 355 g/mol. The van der Waals surface area contributed by atoms with Crippen LogP contribution in [-0.2, 0) is 4.79 Å². The molecule has 0 spiro atoms. The third-order valence-electron chi connectivity index (χ3n) is 3.70. The van der Waals surface area contributed by atoms with Crippen LogP contribution in [0.2, 0.25) is 0 Å². The summed E-state index contributed by atoms with van der Waals surface area (Å²) in [4.78, 5) is 12.2. The van der Waals surface area contributed by atoms with Gasteiger partial charge in [-0.05, 0) is 60.7 Å². The quantitative estimate of drug-likeness (QED) is 0.416. The van der Waals surface area contributed by atoms with Gasteiger partial charge in [0.25, 0.3) is 5.91 Å². The molecule has 130 valence electrons. The van der Waals surface area contributed by atoms with Gasteiger partial charge in [0.15, 0.2) is 0 Å². The minimum atomic E-state index is -0.584. The summed E-state index contributed by atoms with van der Waals surface area (Å²) < 4.78 is 5.67. The first-order chi connectivity index (χ1) is 13.1. The molecule has 3 rings (SSSR count). The van der Waals surface area contributed by atoms with Gasteiger partial charge in [-0.2, -0.15) is 10.5 Å². The molecule has 1 aromatic heterocycles. The van der Waals surface area contributed by atoms with Crippen LogP contribution in [0.1, 0.15) is 11.3 Å². The summed E-state index contributed by atoms with van der Waals surface area (Å²) >= 11 is 0. The van der Waals surface area contributed by atoms with Crippen LogP contribution >= 0.6 is 0 Å². The number of hydrogen-bond donors (Lipinski definition) is 2. The molecule has 0 aliphatic carbocycles. The number of amides is 1. The van der Waals surface area contributed by atoms with Gasteiger partial charge in [0.2, 0.25) is 0 Å². The number of nitrogens with zero attached hydrogens (tertiary/aromatic N) is 2. The maximum atomic E-state index is 12.2. The predicted molar refractivity (Wildman–Crippen MR) is 99.2 cm³/mol. The molecule has 0 aliphatic rings. The van der Waals surface area contributed by atoms with Crippen molar-refractivity contribution >= 4 is 17.7 Å². The topological polar surface area (TPSA) is 110 Å². The van der Waals surface area contributed by atoms with Gasteiger partial charge in [0.05, 0.1) is 11.6 Å². The van der Waals surface area contributed by atoms with Crippen molar-refractivity contribution < 1.29 is 14.3 Å². The van der Waals surface area contributed by atoms with E-state index in [4.69, 9.17) is 9.68 Å². The number of rotatable bonds is 4. The van der Waals surface area contributed by atoms with E-state index in [1.165, 1.54) is 30.3 Å². The van der Waals surface area contributed by atoms with Crippen LogP contribution in [0.4, 0.5) is 5.69 Å². The molecule has 0 unspecified atom stereocenters. The van der Waals surface area contributed by atoms with Crippen molar-refractivity contribution in [1.82, 2.24) is 0 Å². The first kappa shape index (κ1) is 17.5. The van der Waals surface area contributed by atoms with E-state index in [1.807, 2.05) is 12.1 Å². The number of carbonyl (C=O) groups excluding carboxylic acids is 1. The number of anilines is 1. The summed E-state index contributed by atoms with van der Waals surface area (Å²) in [6, 6.07) is 20.1. The van der Waals surface area contributed by atoms with Crippen molar-refractivity contribution in [3.05, 3.63) is 77.6 Å². The number of phenolic OH excluding ortho intramolecular Hbond substituents is 1. The lowest BCUT2D eigenvalue weighted by Gasteiger charge is -2.03. The van der Waals surface area contributed by atoms with E-state index in [0.717, 1.165) is 5.56 Å². The highest BCUT2D eigenvalue weighted by Gasteiger charge is 2.11. The van der Waals surface area contributed by atoms with E-state index in [2.05, 4.69) is 5.32 Å². The van der Waals surface area contributed by atoms with Gasteiger partial charge in [0.1, 0.15) is 28.9 Å². The zero-order valence-electron chi connectivity index (χ0n) is 14.0. The van der Waals surface area contributed by atoms with E-state index >= 15 is 0 Å². The van der Waals surface area contributed by atoms with Gasteiger partial charge in [-0.1, -0.05) is 0 Å². The third-order valence-corrected chi connectivity index (χ3v) is 3.70. The van der Waals surface area contributed by atoms with Crippen molar-refractivity contribution in [3.8, 4) is 29.2 Å². The second-order valence-corrected chi connectivity index (χ2v) is 5.56. The second kappa shape index (κ2) is 7.73. The fourth-order valence-corrected chi connectivity index (χ4v) is 2.33. The molecule has 3 aromatic rings. The van der Waals surface area contributed by atoms with Crippen LogP contribution in [0.5, 0.6) is 5.75 Å². The number of benzene rings is 2. The first-order valence-electron chi connectivity index (χ1n) is 7.91. The van der Waals surface area contributed by atoms with Gasteiger partial charge in [-0.15, -0.1) is 0 Å². The molecule has 0 saturated carbocycles. The Kier molecular flexibility index (Phi) is 5.02. The molecule has 6 nitrogen and oxygen atoms in total. The number of furan rings is 1. The van der Waals surface area contributed by atoms with E-state index in [0.29, 0.717) is 22.8 Å². The highest BCUT2D eigenvalue weighted by atomic mass is 16.3. The average molecular weight is 355 g/mol. The zero-order valence-corrected chi connectivity index (χ0v) is 14.0. The smallest absolute Gasteiger partial charge is 0.266 e. The van der Waals surface area contributed by atoms with Gasteiger partial charge in [-0.25, -0.2) is 0 Å². The highest BCUT2D eigenvalue weighted by molar-refractivity contribution is 6.09. The average Bonchev–Trinajstić information content (AvgIpc) is 3.16. The van der Waals surface area contributed by atoms with Crippen LogP contribution in [0.25, 0.3) is 17.4 Å². The van der Waals surface area contributed by atoms with Crippen LogP contribution in [-0.4, -0.2) is 11.0 Å². The largest absolute Gasteiger partial charge is 0.508 e. The molecule has 0 saturated heterocycles. The number of aromatic hydroxyl groups is 1. The van der Waals surface area contributed by atoms with Crippen LogP contribution in [0.3, 0.4) is 0 Å². The summed E-state index contributed by atoms with van der Waals surface area (Å²) in [5.41, 5.74) is 1.66. The molecule has 27 heavy (non-hydrogen) atoms. The third kappa shape index (κ3) is 4.22. The minimum Gasteiger partial charge on any atom is -0.508 e. The van der Waals surface area contributed by atoms with E-state index in [9.17, 15) is 15.2 Å². The predicted octanol–water partition coefficient (Wildman–Crippen LogP) is 4.07. The second-order valence-electron chi connectivity index (χ2n) is 5.56. The van der Waals surface area contributed by atoms with Gasteiger partial charge >= 0.3 is 0 Å². The molecule has 6 heteroatoms. The van der Waals surface area contributed by atoms with Crippen molar-refractivity contribution in [2.24, 2.45) is 0 Å². The molecule has 0 aliphatic heterocycles. The zero-order chi connectivity index (χ0) is 19.2. The lowest BCUT2D eigenvalue weighted by molar-refractivity contribution is -0.112. The maximum absolute atomic E-state index is 12.2. The summed E-state index contributed by atoms with van der Waals surface area (Å²) in [6.07, 6.45) is 1.35. The molecule has 2 N–H and O–H groups in total. The molecule has 0 fully saturated rings. The lowest BCUT2D eigenvalue weighted by Crippen LogP contribution is -2.13. The maximum Gasteiger partial charge on any atom is 0.266 e. The molecule has 0 bridgehead atoms. The van der Waals surface area contributed by atoms with Crippen molar-refractivity contribution in [1.29, 1.82) is 10.5 Å². The Labute approximate surface area is 155 Å². The molecule has 1 amide bonds. The van der Waals surface area contributed by atoms with Crippen LogP contribution in [0, 0.1) is 22.7 Å². The Morgan fingerprint density at radius 1 is 1.00 bits per heavy atom. The molecule has 0 atom stereocenters. The van der Waals surface area contributed by atoms with Crippen molar-refractivity contribution in [2.45, 2.75) is 0 Å². The molecular weight excluding hydrogens is 342 g/mol. The van der Waals surface area contributed by atoms with Gasteiger partial charge in [0, 0.05) is 17.3 Å². The minimum absolute atomic E-state index is 0.0787. The fourth-order valence-electron chi connectivity index (χ4n) is 2.33. The van der Waals surface area contributed by atoms with E-state index in [1.54, 1.807) is 36.4 Å². The Morgan fingerprint density at radius 2 is 1.70 bits per heavy atom. The Morgan fingerprint density at radius 3 is 2.33 bits per heavy atom. The summed E-state index contributed by atoms with van der Waals surface area (Å²) in [6.45, 7) is 0. The Balaban J connectivity index is 1.78. The van der Waals surface area contributed by atoms with Gasteiger partial charge < -0.3 is 14.8 Å². The summed E-state index contributed by atoms with van der Waals surface area (Å²) in [7, 11) is 0. The van der Waals surface area contributed by atoms with E-state index < -0.39 is 5.91 Å². The molecule has 0 radical (unpaired) electrons. The number of nitrogens with one attached hydrogen (secondary N) is 1.